The van der Waals surface area contributed by atoms with Crippen molar-refractivity contribution in [1.29, 1.82) is 0 Å². The predicted molar refractivity (Wildman–Crippen MR) is 84.2 cm³/mol. The lowest BCUT2D eigenvalue weighted by Crippen LogP contribution is -2.25. The summed E-state index contributed by atoms with van der Waals surface area (Å²) in [6.07, 6.45) is 0. The van der Waals surface area contributed by atoms with Crippen LogP contribution in [-0.2, 0) is 13.1 Å². The van der Waals surface area contributed by atoms with Crippen LogP contribution in [0.2, 0.25) is 0 Å². The molecule has 1 aromatic rings. The second-order valence-electron chi connectivity index (χ2n) is 5.62. The van der Waals surface area contributed by atoms with Gasteiger partial charge >= 0.3 is 0 Å². The van der Waals surface area contributed by atoms with E-state index in [1.54, 1.807) is 0 Å². The molecular formula is C17H28N2. The highest BCUT2D eigenvalue weighted by Gasteiger charge is 2.04. The summed E-state index contributed by atoms with van der Waals surface area (Å²) in [4.78, 5) is 2.41. The summed E-state index contributed by atoms with van der Waals surface area (Å²) in [7, 11) is 0. The van der Waals surface area contributed by atoms with Crippen LogP contribution in [0.4, 0.5) is 0 Å². The molecule has 1 rings (SSSR count). The molecule has 0 saturated carbocycles. The molecule has 0 spiro atoms. The van der Waals surface area contributed by atoms with Crippen molar-refractivity contribution in [2.75, 3.05) is 13.1 Å². The van der Waals surface area contributed by atoms with Crippen LogP contribution in [0.5, 0.6) is 0 Å². The zero-order valence-electron chi connectivity index (χ0n) is 12.9. The van der Waals surface area contributed by atoms with Crippen molar-refractivity contribution in [2.45, 2.75) is 46.8 Å². The zero-order valence-corrected chi connectivity index (χ0v) is 12.9. The van der Waals surface area contributed by atoms with E-state index in [0.29, 0.717) is 6.04 Å². The summed E-state index contributed by atoms with van der Waals surface area (Å²) in [6.45, 7) is 16.6. The van der Waals surface area contributed by atoms with Crippen LogP contribution in [-0.4, -0.2) is 24.0 Å². The Hall–Kier alpha value is -1.12. The molecule has 0 atom stereocenters. The summed E-state index contributed by atoms with van der Waals surface area (Å²) in [5, 5.41) is 3.46. The summed E-state index contributed by atoms with van der Waals surface area (Å²) < 4.78 is 0. The number of nitrogens with zero attached hydrogens (tertiary/aromatic N) is 1. The maximum absolute atomic E-state index is 4.00. The van der Waals surface area contributed by atoms with Gasteiger partial charge in [-0.2, -0.15) is 0 Å². The van der Waals surface area contributed by atoms with Gasteiger partial charge in [-0.25, -0.2) is 0 Å². The number of benzene rings is 1. The van der Waals surface area contributed by atoms with Gasteiger partial charge in [0.15, 0.2) is 0 Å². The third-order valence-corrected chi connectivity index (χ3v) is 3.05. The van der Waals surface area contributed by atoms with Gasteiger partial charge in [-0.1, -0.05) is 57.2 Å². The minimum absolute atomic E-state index is 0.527. The van der Waals surface area contributed by atoms with Crippen molar-refractivity contribution in [1.82, 2.24) is 10.2 Å². The number of hydrogen-bond acceptors (Lipinski definition) is 2. The number of likely N-dealkylation sites (N-methyl/N-ethyl adjacent to an activating group) is 1. The first-order valence-electron chi connectivity index (χ1n) is 7.19. The summed E-state index contributed by atoms with van der Waals surface area (Å²) in [5.74, 6) is 0. The molecule has 1 aromatic carbocycles. The third-order valence-electron chi connectivity index (χ3n) is 3.05. The monoisotopic (exact) mass is 260 g/mol. The van der Waals surface area contributed by atoms with Crippen LogP contribution >= 0.6 is 0 Å². The van der Waals surface area contributed by atoms with Gasteiger partial charge in [0.05, 0.1) is 0 Å². The molecule has 0 saturated heterocycles. The van der Waals surface area contributed by atoms with Crippen LogP contribution < -0.4 is 5.32 Å². The molecule has 0 fully saturated rings. The van der Waals surface area contributed by atoms with Gasteiger partial charge in [0.2, 0.25) is 0 Å². The highest BCUT2D eigenvalue weighted by atomic mass is 15.1. The van der Waals surface area contributed by atoms with E-state index in [9.17, 15) is 0 Å². The van der Waals surface area contributed by atoms with Gasteiger partial charge in [0, 0.05) is 25.7 Å². The van der Waals surface area contributed by atoms with Crippen molar-refractivity contribution in [3.05, 3.63) is 47.5 Å². The van der Waals surface area contributed by atoms with E-state index in [4.69, 9.17) is 0 Å². The molecule has 2 heteroatoms. The Morgan fingerprint density at radius 1 is 1.32 bits per heavy atom. The van der Waals surface area contributed by atoms with Crippen LogP contribution in [0, 0.1) is 0 Å². The average Bonchev–Trinajstić information content (AvgIpc) is 2.35. The SMILES string of the molecule is C=C(C)CN(CC)Cc1cccc(CNC(C)C)c1. The lowest BCUT2D eigenvalue weighted by Gasteiger charge is -2.21. The number of nitrogens with one attached hydrogen (secondary N) is 1. The van der Waals surface area contributed by atoms with Crippen molar-refractivity contribution < 1.29 is 0 Å². The lowest BCUT2D eigenvalue weighted by molar-refractivity contribution is 0.304. The molecule has 0 aliphatic heterocycles. The molecule has 0 aliphatic carbocycles. The van der Waals surface area contributed by atoms with Gasteiger partial charge in [0.25, 0.3) is 0 Å². The zero-order chi connectivity index (χ0) is 14.3. The Balaban J connectivity index is 2.62. The van der Waals surface area contributed by atoms with Crippen molar-refractivity contribution in [3.63, 3.8) is 0 Å². The van der Waals surface area contributed by atoms with Crippen molar-refractivity contribution in [2.24, 2.45) is 0 Å². The van der Waals surface area contributed by atoms with Gasteiger partial charge < -0.3 is 5.32 Å². The molecule has 0 unspecified atom stereocenters. The van der Waals surface area contributed by atoms with E-state index in [1.807, 2.05) is 0 Å². The van der Waals surface area contributed by atoms with E-state index in [1.165, 1.54) is 16.7 Å². The summed E-state index contributed by atoms with van der Waals surface area (Å²) in [6, 6.07) is 9.38. The minimum atomic E-state index is 0.527. The fraction of sp³-hybridized carbons (Fsp3) is 0.529. The maximum Gasteiger partial charge on any atom is 0.0237 e. The minimum Gasteiger partial charge on any atom is -0.310 e. The highest BCUT2D eigenvalue weighted by molar-refractivity contribution is 5.23. The van der Waals surface area contributed by atoms with Crippen molar-refractivity contribution in [3.8, 4) is 0 Å². The molecule has 0 radical (unpaired) electrons. The van der Waals surface area contributed by atoms with Gasteiger partial charge in [0.1, 0.15) is 0 Å². The second kappa shape index (κ2) is 8.13. The van der Waals surface area contributed by atoms with Crippen molar-refractivity contribution >= 4 is 0 Å². The second-order valence-corrected chi connectivity index (χ2v) is 5.62. The molecule has 0 aliphatic rings. The largest absolute Gasteiger partial charge is 0.310 e. The normalized spacial score (nSPS) is 11.3. The molecule has 1 N–H and O–H groups in total. The number of rotatable bonds is 8. The van der Waals surface area contributed by atoms with Crippen LogP contribution in [0.1, 0.15) is 38.8 Å². The predicted octanol–water partition coefficient (Wildman–Crippen LogP) is 3.58. The van der Waals surface area contributed by atoms with Crippen LogP contribution in [0.3, 0.4) is 0 Å². The molecule has 0 amide bonds. The Bertz CT molecular complexity index is 396. The Labute approximate surface area is 118 Å². The van der Waals surface area contributed by atoms with Gasteiger partial charge in [-0.05, 0) is 24.6 Å². The van der Waals surface area contributed by atoms with E-state index in [2.05, 4.69) is 68.8 Å². The molecule has 19 heavy (non-hydrogen) atoms. The lowest BCUT2D eigenvalue weighted by atomic mass is 10.1. The molecule has 0 aromatic heterocycles. The molecule has 0 heterocycles. The quantitative estimate of drug-likeness (QED) is 0.719. The van der Waals surface area contributed by atoms with E-state index in [-0.39, 0.29) is 0 Å². The average molecular weight is 260 g/mol. The summed E-state index contributed by atoms with van der Waals surface area (Å²) in [5.41, 5.74) is 3.96. The molecule has 106 valence electrons. The first-order chi connectivity index (χ1) is 9.01. The molecular weight excluding hydrogens is 232 g/mol. The van der Waals surface area contributed by atoms with Gasteiger partial charge in [-0.3, -0.25) is 4.90 Å². The van der Waals surface area contributed by atoms with Crippen LogP contribution in [0.15, 0.2) is 36.4 Å². The molecule has 0 bridgehead atoms. The smallest absolute Gasteiger partial charge is 0.0237 e. The highest BCUT2D eigenvalue weighted by Crippen LogP contribution is 2.09. The molecule has 2 nitrogen and oxygen atoms in total. The topological polar surface area (TPSA) is 15.3 Å². The number of hydrogen-bond donors (Lipinski definition) is 1. The Morgan fingerprint density at radius 3 is 2.58 bits per heavy atom. The Kier molecular flexibility index (Phi) is 6.82. The Morgan fingerprint density at radius 2 is 2.00 bits per heavy atom. The standard InChI is InChI=1S/C17H28N2/c1-6-19(12-14(2)3)13-17-9-7-8-16(10-17)11-18-15(4)5/h7-10,15,18H,2,6,11-13H2,1,3-5H3. The van der Waals surface area contributed by atoms with E-state index < -0.39 is 0 Å². The first kappa shape index (κ1) is 15.9. The summed E-state index contributed by atoms with van der Waals surface area (Å²) >= 11 is 0. The third kappa shape index (κ3) is 6.55. The fourth-order valence-electron chi connectivity index (χ4n) is 2.08. The first-order valence-corrected chi connectivity index (χ1v) is 7.19. The van der Waals surface area contributed by atoms with E-state index in [0.717, 1.165) is 26.2 Å². The van der Waals surface area contributed by atoms with Crippen LogP contribution in [0.25, 0.3) is 0 Å². The van der Waals surface area contributed by atoms with E-state index >= 15 is 0 Å². The van der Waals surface area contributed by atoms with Gasteiger partial charge in [-0.15, -0.1) is 0 Å². The fourth-order valence-corrected chi connectivity index (χ4v) is 2.08. The maximum atomic E-state index is 4.00.